The van der Waals surface area contributed by atoms with Crippen LogP contribution in [0.15, 0.2) is 36.4 Å². The summed E-state index contributed by atoms with van der Waals surface area (Å²) in [5.41, 5.74) is 6.56. The molecule has 1 unspecified atom stereocenters. The molecule has 1 atom stereocenters. The van der Waals surface area contributed by atoms with Crippen LogP contribution in [0.2, 0.25) is 0 Å². The molecule has 1 heterocycles. The third-order valence-electron chi connectivity index (χ3n) is 4.81. The van der Waals surface area contributed by atoms with E-state index >= 15 is 0 Å². The second-order valence-corrected chi connectivity index (χ2v) is 6.89. The zero-order valence-electron chi connectivity index (χ0n) is 15.8. The lowest BCUT2D eigenvalue weighted by Gasteiger charge is -2.18. The summed E-state index contributed by atoms with van der Waals surface area (Å²) in [4.78, 5) is 14.6. The third-order valence-corrected chi connectivity index (χ3v) is 4.81. The maximum Gasteiger partial charge on any atom is 0.254 e. The number of carbonyl (C=O) groups excluding carboxylic acids is 1. The Morgan fingerprint density at radius 3 is 2.61 bits per heavy atom. The number of hydrogen-bond acceptors (Lipinski definition) is 4. The van der Waals surface area contributed by atoms with Crippen molar-refractivity contribution in [2.24, 2.45) is 11.7 Å². The zero-order valence-corrected chi connectivity index (χ0v) is 15.8. The Hall–Kier alpha value is -2.67. The molecule has 1 fully saturated rings. The number of methoxy groups -OCH3 is 1. The van der Waals surface area contributed by atoms with Crippen LogP contribution in [0, 0.1) is 17.6 Å². The first kappa shape index (κ1) is 20.1. The molecule has 7 heteroatoms. The van der Waals surface area contributed by atoms with Crippen molar-refractivity contribution in [3.63, 3.8) is 0 Å². The highest BCUT2D eigenvalue weighted by Crippen LogP contribution is 2.30. The molecule has 0 saturated carbocycles. The lowest BCUT2D eigenvalue weighted by atomic mass is 9.98. The van der Waals surface area contributed by atoms with E-state index < -0.39 is 11.6 Å². The van der Waals surface area contributed by atoms with Crippen LogP contribution >= 0.6 is 0 Å². The van der Waals surface area contributed by atoms with Gasteiger partial charge in [0, 0.05) is 31.3 Å². The summed E-state index contributed by atoms with van der Waals surface area (Å²) in [6, 6.07) is 8.61. The van der Waals surface area contributed by atoms with Gasteiger partial charge in [-0.2, -0.15) is 0 Å². The fourth-order valence-electron chi connectivity index (χ4n) is 3.52. The van der Waals surface area contributed by atoms with Crippen LogP contribution in [0.1, 0.15) is 22.3 Å². The topological polar surface area (TPSA) is 64.8 Å². The molecule has 0 radical (unpaired) electrons. The molecule has 1 aliphatic heterocycles. The minimum Gasteiger partial charge on any atom is -0.493 e. The number of hydrogen-bond donors (Lipinski definition) is 1. The number of amides is 1. The Kier molecular flexibility index (Phi) is 6.46. The fraction of sp³-hybridized carbons (Fsp3) is 0.381. The molecule has 0 spiro atoms. The molecule has 2 aromatic rings. The first-order valence-electron chi connectivity index (χ1n) is 9.25. The highest BCUT2D eigenvalue weighted by atomic mass is 19.1. The van der Waals surface area contributed by atoms with E-state index in [-0.39, 0.29) is 11.8 Å². The lowest BCUT2D eigenvalue weighted by molar-refractivity contribution is 0.0786. The van der Waals surface area contributed by atoms with Gasteiger partial charge in [-0.1, -0.05) is 0 Å². The van der Waals surface area contributed by atoms with E-state index in [1.807, 2.05) is 0 Å². The van der Waals surface area contributed by atoms with Gasteiger partial charge in [0.2, 0.25) is 0 Å². The van der Waals surface area contributed by atoms with Gasteiger partial charge < -0.3 is 20.1 Å². The van der Waals surface area contributed by atoms with Crippen molar-refractivity contribution < 1.29 is 23.0 Å². The summed E-state index contributed by atoms with van der Waals surface area (Å²) in [5, 5.41) is 0. The Labute approximate surface area is 163 Å². The Morgan fingerprint density at radius 1 is 1.18 bits per heavy atom. The van der Waals surface area contributed by atoms with Gasteiger partial charge in [0.15, 0.2) is 11.5 Å². The molecule has 28 heavy (non-hydrogen) atoms. The van der Waals surface area contributed by atoms with E-state index in [2.05, 4.69) is 0 Å². The van der Waals surface area contributed by atoms with Crippen molar-refractivity contribution in [2.75, 3.05) is 33.4 Å². The molecule has 0 aromatic heterocycles. The van der Waals surface area contributed by atoms with E-state index in [4.69, 9.17) is 15.2 Å². The van der Waals surface area contributed by atoms with Crippen molar-refractivity contribution in [1.29, 1.82) is 0 Å². The zero-order chi connectivity index (χ0) is 20.1. The van der Waals surface area contributed by atoms with Crippen LogP contribution in [-0.4, -0.2) is 44.2 Å². The Balaban J connectivity index is 1.65. The summed E-state index contributed by atoms with van der Waals surface area (Å²) in [6.45, 7) is 1.89. The number of ether oxygens (including phenoxy) is 2. The number of rotatable bonds is 7. The molecule has 1 amide bonds. The normalized spacial score (nSPS) is 16.3. The van der Waals surface area contributed by atoms with Gasteiger partial charge in [-0.25, -0.2) is 8.78 Å². The molecule has 150 valence electrons. The fourth-order valence-corrected chi connectivity index (χ4v) is 3.52. The van der Waals surface area contributed by atoms with Crippen LogP contribution in [-0.2, 0) is 6.42 Å². The van der Waals surface area contributed by atoms with Gasteiger partial charge >= 0.3 is 0 Å². The molecule has 1 saturated heterocycles. The van der Waals surface area contributed by atoms with Gasteiger partial charge in [0.1, 0.15) is 18.2 Å². The molecule has 1 aliphatic rings. The van der Waals surface area contributed by atoms with E-state index in [1.165, 1.54) is 19.2 Å². The van der Waals surface area contributed by atoms with Gasteiger partial charge in [-0.3, -0.25) is 4.79 Å². The number of benzene rings is 2. The number of carbonyl (C=O) groups is 1. The smallest absolute Gasteiger partial charge is 0.254 e. The molecule has 2 N–H and O–H groups in total. The predicted molar refractivity (Wildman–Crippen MR) is 102 cm³/mol. The molecule has 3 rings (SSSR count). The van der Waals surface area contributed by atoms with Crippen LogP contribution in [0.3, 0.4) is 0 Å². The summed E-state index contributed by atoms with van der Waals surface area (Å²) >= 11 is 0. The van der Waals surface area contributed by atoms with Crippen molar-refractivity contribution >= 4 is 5.91 Å². The van der Waals surface area contributed by atoms with Gasteiger partial charge in [0.05, 0.1) is 7.11 Å². The number of nitrogens with two attached hydrogens (primary N) is 1. The maximum absolute atomic E-state index is 13.4. The quantitative estimate of drug-likeness (QED) is 0.789. The molecule has 2 aromatic carbocycles. The average Bonchev–Trinajstić information content (AvgIpc) is 3.13. The number of halogens is 2. The first-order valence-corrected chi connectivity index (χ1v) is 9.25. The summed E-state index contributed by atoms with van der Waals surface area (Å²) < 4.78 is 37.6. The van der Waals surface area contributed by atoms with Crippen LogP contribution in [0.5, 0.6) is 11.5 Å². The van der Waals surface area contributed by atoms with Crippen molar-refractivity contribution in [1.82, 2.24) is 4.90 Å². The largest absolute Gasteiger partial charge is 0.493 e. The summed E-state index contributed by atoms with van der Waals surface area (Å²) in [6.07, 6.45) is 1.33. The van der Waals surface area contributed by atoms with E-state index in [9.17, 15) is 13.6 Å². The highest BCUT2D eigenvalue weighted by molar-refractivity contribution is 5.95. The van der Waals surface area contributed by atoms with Crippen LogP contribution in [0.25, 0.3) is 0 Å². The molecule has 5 nitrogen and oxygen atoms in total. The predicted octanol–water partition coefficient (Wildman–Crippen LogP) is 3.02. The van der Waals surface area contributed by atoms with Gasteiger partial charge in [-0.05, 0) is 54.7 Å². The van der Waals surface area contributed by atoms with Crippen LogP contribution < -0.4 is 15.2 Å². The number of nitrogens with zero attached hydrogens (tertiary/aromatic N) is 1. The van der Waals surface area contributed by atoms with Crippen molar-refractivity contribution in [2.45, 2.75) is 12.8 Å². The maximum atomic E-state index is 13.4. The number of likely N-dealkylation sites (tertiary alicyclic amines) is 1. The monoisotopic (exact) mass is 390 g/mol. The third kappa shape index (κ3) is 4.78. The summed E-state index contributed by atoms with van der Waals surface area (Å²) in [7, 11) is 1.52. The SMILES string of the molecule is COc1cc(C(=O)N2CCC(Cc3cc(F)cc(F)c3)C2)ccc1OCCN. The summed E-state index contributed by atoms with van der Waals surface area (Å²) in [5.74, 6) is -0.0760. The van der Waals surface area contributed by atoms with Gasteiger partial charge in [-0.15, -0.1) is 0 Å². The minimum absolute atomic E-state index is 0.100. The molecule has 0 bridgehead atoms. The second kappa shape index (κ2) is 9.01. The molecule has 0 aliphatic carbocycles. The standard InChI is InChI=1S/C21H24F2N2O3/c1-27-20-11-16(2-3-19(20)28-7-5-24)21(26)25-6-4-14(13-25)8-15-9-17(22)12-18(23)10-15/h2-3,9-12,14H,4-8,13,24H2,1H3. The van der Waals surface area contributed by atoms with Gasteiger partial charge in [0.25, 0.3) is 5.91 Å². The Morgan fingerprint density at radius 2 is 1.93 bits per heavy atom. The van der Waals surface area contributed by atoms with Crippen molar-refractivity contribution in [3.05, 3.63) is 59.2 Å². The first-order chi connectivity index (χ1) is 13.5. The van der Waals surface area contributed by atoms with Crippen molar-refractivity contribution in [3.8, 4) is 11.5 Å². The average molecular weight is 390 g/mol. The second-order valence-electron chi connectivity index (χ2n) is 6.89. The van der Waals surface area contributed by atoms with E-state index in [1.54, 1.807) is 23.1 Å². The lowest BCUT2D eigenvalue weighted by Crippen LogP contribution is -2.29. The van der Waals surface area contributed by atoms with E-state index in [0.29, 0.717) is 55.3 Å². The highest BCUT2D eigenvalue weighted by Gasteiger charge is 2.27. The molecular weight excluding hydrogens is 366 g/mol. The van der Waals surface area contributed by atoms with E-state index in [0.717, 1.165) is 12.5 Å². The minimum atomic E-state index is -0.579. The Bertz CT molecular complexity index is 824. The van der Waals surface area contributed by atoms with Crippen LogP contribution in [0.4, 0.5) is 8.78 Å². The molecular formula is C21H24F2N2O3.